The smallest absolute Gasteiger partial charge is 0.243 e. The van der Waals surface area contributed by atoms with Gasteiger partial charge in [-0.05, 0) is 59.0 Å². The van der Waals surface area contributed by atoms with Gasteiger partial charge in [-0.1, -0.05) is 11.6 Å². The van der Waals surface area contributed by atoms with Crippen LogP contribution in [-0.2, 0) is 4.79 Å². The summed E-state index contributed by atoms with van der Waals surface area (Å²) in [6.45, 7) is 0.172. The van der Waals surface area contributed by atoms with E-state index in [-0.39, 0.29) is 17.6 Å². The third-order valence-electron chi connectivity index (χ3n) is 2.33. The van der Waals surface area contributed by atoms with Gasteiger partial charge >= 0.3 is 0 Å². The lowest BCUT2D eigenvalue weighted by molar-refractivity contribution is -0.114. The van der Waals surface area contributed by atoms with Gasteiger partial charge < -0.3 is 10.6 Å². The highest BCUT2D eigenvalue weighted by molar-refractivity contribution is 14.1. The van der Waals surface area contributed by atoms with E-state index in [1.165, 1.54) is 0 Å². The van der Waals surface area contributed by atoms with E-state index < -0.39 is 0 Å². The van der Waals surface area contributed by atoms with Crippen LogP contribution < -0.4 is 10.6 Å². The number of rotatable bonds is 4. The molecular weight excluding hydrogens is 377 g/mol. The molecule has 0 aliphatic rings. The van der Waals surface area contributed by atoms with E-state index in [9.17, 15) is 4.79 Å². The first-order valence-corrected chi connectivity index (χ1v) is 7.00. The second-order valence-corrected chi connectivity index (χ2v) is 5.35. The normalized spacial score (nSPS) is 10.0. The first-order chi connectivity index (χ1) is 9.15. The van der Waals surface area contributed by atoms with Crippen LogP contribution in [0.25, 0.3) is 0 Å². The average molecular weight is 388 g/mol. The summed E-state index contributed by atoms with van der Waals surface area (Å²) in [5.41, 5.74) is 1.41. The minimum Gasteiger partial charge on any atom is -0.376 e. The number of aromatic nitrogens is 1. The van der Waals surface area contributed by atoms with Crippen molar-refractivity contribution in [3.8, 4) is 0 Å². The summed E-state index contributed by atoms with van der Waals surface area (Å²) in [6.07, 6.45) is 1.57. The van der Waals surface area contributed by atoms with E-state index in [1.807, 2.05) is 24.3 Å². The predicted molar refractivity (Wildman–Crippen MR) is 85.5 cm³/mol. The molecule has 0 saturated carbocycles. The van der Waals surface area contributed by atoms with Crippen molar-refractivity contribution in [1.82, 2.24) is 4.98 Å². The van der Waals surface area contributed by atoms with Crippen LogP contribution in [0.3, 0.4) is 0 Å². The maximum absolute atomic E-state index is 11.7. The molecule has 1 aromatic carbocycles. The number of hydrogen-bond acceptors (Lipinski definition) is 3. The Bertz CT molecular complexity index is 574. The van der Waals surface area contributed by atoms with Gasteiger partial charge in [-0.25, -0.2) is 4.98 Å². The summed E-state index contributed by atoms with van der Waals surface area (Å²) in [4.78, 5) is 15.6. The number of nitrogens with zero attached hydrogens (tertiary/aromatic N) is 1. The monoisotopic (exact) mass is 387 g/mol. The van der Waals surface area contributed by atoms with Gasteiger partial charge in [0.25, 0.3) is 0 Å². The number of carbonyl (C=O) groups is 1. The maximum atomic E-state index is 11.7. The maximum Gasteiger partial charge on any atom is 0.243 e. The fourth-order valence-corrected chi connectivity index (χ4v) is 1.95. The number of halogens is 2. The van der Waals surface area contributed by atoms with Gasteiger partial charge in [-0.15, -0.1) is 0 Å². The van der Waals surface area contributed by atoms with E-state index >= 15 is 0 Å². The van der Waals surface area contributed by atoms with Crippen LogP contribution in [-0.4, -0.2) is 17.4 Å². The number of nitrogens with one attached hydrogen (secondary N) is 2. The summed E-state index contributed by atoms with van der Waals surface area (Å²) < 4.78 is 1.15. The Kier molecular flexibility index (Phi) is 4.98. The largest absolute Gasteiger partial charge is 0.376 e. The van der Waals surface area contributed by atoms with Crippen molar-refractivity contribution >= 4 is 51.5 Å². The molecule has 0 aliphatic heterocycles. The fraction of sp³-hybridized carbons (Fsp3) is 0.0769. The van der Waals surface area contributed by atoms with Gasteiger partial charge in [0.05, 0.1) is 12.2 Å². The third-order valence-corrected chi connectivity index (χ3v) is 3.35. The third kappa shape index (κ3) is 4.36. The van der Waals surface area contributed by atoms with Crippen molar-refractivity contribution in [2.24, 2.45) is 0 Å². The molecule has 2 N–H and O–H groups in total. The Morgan fingerprint density at radius 2 is 2.00 bits per heavy atom. The van der Waals surface area contributed by atoms with E-state index in [0.717, 1.165) is 9.26 Å². The van der Waals surface area contributed by atoms with Gasteiger partial charge in [0, 0.05) is 15.5 Å². The molecule has 2 rings (SSSR count). The molecule has 1 amide bonds. The fourth-order valence-electron chi connectivity index (χ4n) is 1.42. The van der Waals surface area contributed by atoms with Crippen LogP contribution in [0.2, 0.25) is 5.15 Å². The molecule has 0 aliphatic carbocycles. The van der Waals surface area contributed by atoms with Crippen LogP contribution in [0.4, 0.5) is 11.4 Å². The van der Waals surface area contributed by atoms with E-state index in [2.05, 4.69) is 38.2 Å². The van der Waals surface area contributed by atoms with E-state index in [1.54, 1.807) is 18.3 Å². The lowest BCUT2D eigenvalue weighted by Gasteiger charge is -2.08. The van der Waals surface area contributed by atoms with Gasteiger partial charge in [0.1, 0.15) is 0 Å². The van der Waals surface area contributed by atoms with Crippen LogP contribution in [0, 0.1) is 3.57 Å². The molecule has 0 unspecified atom stereocenters. The standard InChI is InChI=1S/C13H11ClIN3O/c14-13-11(2-1-7-16-13)18-12(19)8-17-10-5-3-9(15)4-6-10/h1-7,17H,8H2,(H,18,19). The van der Waals surface area contributed by atoms with Crippen molar-refractivity contribution in [2.45, 2.75) is 0 Å². The SMILES string of the molecule is O=C(CNc1ccc(I)cc1)Nc1cccnc1Cl. The molecule has 0 spiro atoms. The van der Waals surface area contributed by atoms with Crippen molar-refractivity contribution in [2.75, 3.05) is 17.2 Å². The molecule has 2 aromatic rings. The molecule has 0 fully saturated rings. The second-order valence-electron chi connectivity index (χ2n) is 3.75. The van der Waals surface area contributed by atoms with Crippen molar-refractivity contribution < 1.29 is 4.79 Å². The Balaban J connectivity index is 1.88. The topological polar surface area (TPSA) is 54.0 Å². The quantitative estimate of drug-likeness (QED) is 0.624. The molecule has 0 bridgehead atoms. The number of benzene rings is 1. The molecular formula is C13H11ClIN3O. The Labute approximate surface area is 129 Å². The van der Waals surface area contributed by atoms with E-state index in [0.29, 0.717) is 5.69 Å². The molecule has 0 radical (unpaired) electrons. The highest BCUT2D eigenvalue weighted by Crippen LogP contribution is 2.17. The minimum atomic E-state index is -0.173. The zero-order chi connectivity index (χ0) is 13.7. The van der Waals surface area contributed by atoms with Gasteiger partial charge in [0.2, 0.25) is 5.91 Å². The summed E-state index contributed by atoms with van der Waals surface area (Å²) in [7, 11) is 0. The first-order valence-electron chi connectivity index (χ1n) is 5.55. The highest BCUT2D eigenvalue weighted by Gasteiger charge is 2.05. The highest BCUT2D eigenvalue weighted by atomic mass is 127. The number of amides is 1. The van der Waals surface area contributed by atoms with Crippen LogP contribution in [0.1, 0.15) is 0 Å². The van der Waals surface area contributed by atoms with Gasteiger partial charge in [-0.2, -0.15) is 0 Å². The van der Waals surface area contributed by atoms with Crippen molar-refractivity contribution in [1.29, 1.82) is 0 Å². The molecule has 19 heavy (non-hydrogen) atoms. The number of carbonyl (C=O) groups excluding carboxylic acids is 1. The van der Waals surface area contributed by atoms with E-state index in [4.69, 9.17) is 11.6 Å². The van der Waals surface area contributed by atoms with Gasteiger partial charge in [0.15, 0.2) is 5.15 Å². The number of hydrogen-bond donors (Lipinski definition) is 2. The van der Waals surface area contributed by atoms with Crippen LogP contribution in [0.5, 0.6) is 0 Å². The predicted octanol–water partition coefficient (Wildman–Crippen LogP) is 3.39. The summed E-state index contributed by atoms with van der Waals surface area (Å²) in [5.74, 6) is -0.173. The Morgan fingerprint density at radius 3 is 2.68 bits per heavy atom. The lowest BCUT2D eigenvalue weighted by Crippen LogP contribution is -2.22. The van der Waals surface area contributed by atoms with Crippen LogP contribution >= 0.6 is 34.2 Å². The minimum absolute atomic E-state index is 0.172. The van der Waals surface area contributed by atoms with Crippen LogP contribution in [0.15, 0.2) is 42.6 Å². The van der Waals surface area contributed by atoms with Gasteiger partial charge in [-0.3, -0.25) is 4.79 Å². The molecule has 0 saturated heterocycles. The Morgan fingerprint density at radius 1 is 1.26 bits per heavy atom. The number of anilines is 2. The second kappa shape index (κ2) is 6.72. The molecule has 1 aromatic heterocycles. The first kappa shape index (κ1) is 14.1. The summed E-state index contributed by atoms with van der Waals surface area (Å²) in [6, 6.07) is 11.2. The molecule has 0 atom stereocenters. The zero-order valence-electron chi connectivity index (χ0n) is 9.86. The van der Waals surface area contributed by atoms with Crippen molar-refractivity contribution in [3.63, 3.8) is 0 Å². The Hall–Kier alpha value is -1.34. The molecule has 1 heterocycles. The molecule has 98 valence electrons. The number of pyridine rings is 1. The molecule has 6 heteroatoms. The summed E-state index contributed by atoms with van der Waals surface area (Å²) in [5, 5.41) is 6.01. The lowest BCUT2D eigenvalue weighted by atomic mass is 10.3. The average Bonchev–Trinajstić information content (AvgIpc) is 2.41. The summed E-state index contributed by atoms with van der Waals surface area (Å²) >= 11 is 8.08. The molecule has 4 nitrogen and oxygen atoms in total. The van der Waals surface area contributed by atoms with Crippen molar-refractivity contribution in [3.05, 3.63) is 51.3 Å². The zero-order valence-corrected chi connectivity index (χ0v) is 12.8.